The molecule has 1 aliphatic carbocycles. The molecule has 1 aromatic carbocycles. The molecule has 4 heterocycles. The van der Waals surface area contributed by atoms with Crippen LogP contribution in [0.1, 0.15) is 69.2 Å². The van der Waals surface area contributed by atoms with Gasteiger partial charge in [-0.2, -0.15) is 15.3 Å². The second-order valence-electron chi connectivity index (χ2n) is 13.3. The minimum Gasteiger partial charge on any atom is -0.443 e. The number of hydrogen-bond acceptors (Lipinski definition) is 10. The molecule has 0 spiro atoms. The Kier molecular flexibility index (Phi) is 9.84. The molecule has 0 saturated heterocycles. The molecular formula is C36H41N11O2. The van der Waals surface area contributed by atoms with Crippen molar-refractivity contribution in [2.24, 2.45) is 7.05 Å². The van der Waals surface area contributed by atoms with Crippen LogP contribution in [0.15, 0.2) is 77.9 Å². The number of nitrogens with zero attached hydrogens (tertiary/aromatic N) is 8. The number of aryl methyl sites for hydroxylation is 1. The van der Waals surface area contributed by atoms with E-state index in [0.717, 1.165) is 48.1 Å². The molecule has 252 valence electrons. The van der Waals surface area contributed by atoms with Gasteiger partial charge in [0, 0.05) is 54.6 Å². The van der Waals surface area contributed by atoms with E-state index in [9.17, 15) is 10.1 Å². The summed E-state index contributed by atoms with van der Waals surface area (Å²) in [4.78, 5) is 33.6. The van der Waals surface area contributed by atoms with E-state index in [-0.39, 0.29) is 30.1 Å². The van der Waals surface area contributed by atoms with Crippen LogP contribution in [0.4, 0.5) is 22.4 Å². The van der Waals surface area contributed by atoms with E-state index in [2.05, 4.69) is 62.8 Å². The molecule has 6 rings (SSSR count). The van der Waals surface area contributed by atoms with Crippen molar-refractivity contribution in [2.45, 2.75) is 77.0 Å². The average molecular weight is 660 g/mol. The summed E-state index contributed by atoms with van der Waals surface area (Å²) < 4.78 is 7.63. The summed E-state index contributed by atoms with van der Waals surface area (Å²) >= 11 is 0. The Balaban J connectivity index is 1.12. The van der Waals surface area contributed by atoms with Gasteiger partial charge < -0.3 is 20.4 Å². The maximum Gasteiger partial charge on any atom is 0.323 e. The maximum atomic E-state index is 13.7. The molecule has 13 nitrogen and oxygen atoms in total. The number of anilines is 3. The highest BCUT2D eigenvalue weighted by molar-refractivity contribution is 5.91. The zero-order chi connectivity index (χ0) is 34.4. The number of benzene rings is 1. The zero-order valence-electron chi connectivity index (χ0n) is 28.2. The second-order valence-corrected chi connectivity index (χ2v) is 13.3. The van der Waals surface area contributed by atoms with Gasteiger partial charge in [0.25, 0.3) is 0 Å². The first-order valence-corrected chi connectivity index (χ1v) is 16.4. The lowest BCUT2D eigenvalue weighted by Crippen LogP contribution is -2.49. The third kappa shape index (κ3) is 8.21. The Hall–Kier alpha value is -5.77. The Morgan fingerprint density at radius 3 is 2.43 bits per heavy atom. The standard InChI is InChI=1S/C36H41N11O2/c1-36(2,3)30-21-39-32(49-30)22-40-33-26(16-37)19-41-34(45-33)44-28-11-13-29(14-12-28)47(35(48)42-17-24-8-6-5-7-9-24)31-15-10-25(18-38-31)27-20-43-46(4)23-27/h5-10,15,18-21,23,28-29H,11-14,17,22H2,1-4H3,(H,42,48)(H2,40,41,44,45)/t28-,29-. The van der Waals surface area contributed by atoms with Gasteiger partial charge in [0.2, 0.25) is 11.8 Å². The van der Waals surface area contributed by atoms with E-state index >= 15 is 0 Å². The summed E-state index contributed by atoms with van der Waals surface area (Å²) in [5, 5.41) is 23.6. The highest BCUT2D eigenvalue weighted by Gasteiger charge is 2.31. The summed E-state index contributed by atoms with van der Waals surface area (Å²) in [6.45, 7) is 6.88. The number of carbonyl (C=O) groups is 1. The molecule has 13 heteroatoms. The molecule has 2 amide bonds. The van der Waals surface area contributed by atoms with E-state index in [1.165, 1.54) is 6.20 Å². The van der Waals surface area contributed by atoms with Crippen molar-refractivity contribution < 1.29 is 9.21 Å². The lowest BCUT2D eigenvalue weighted by Gasteiger charge is -2.36. The number of carbonyl (C=O) groups excluding carboxylic acids is 1. The number of nitrogens with one attached hydrogen (secondary N) is 3. The van der Waals surface area contributed by atoms with Crippen molar-refractivity contribution in [3.8, 4) is 17.2 Å². The first kappa shape index (κ1) is 33.1. The van der Waals surface area contributed by atoms with Gasteiger partial charge in [-0.1, -0.05) is 51.1 Å². The number of pyridine rings is 1. The quantitative estimate of drug-likeness (QED) is 0.158. The lowest BCUT2D eigenvalue weighted by atomic mass is 9.90. The normalized spacial score (nSPS) is 16.1. The molecular weight excluding hydrogens is 618 g/mol. The van der Waals surface area contributed by atoms with Crippen molar-refractivity contribution in [1.29, 1.82) is 5.26 Å². The molecule has 0 atom stereocenters. The van der Waals surface area contributed by atoms with Crippen molar-refractivity contribution in [3.63, 3.8) is 0 Å². The Bertz CT molecular complexity index is 1900. The van der Waals surface area contributed by atoms with Gasteiger partial charge in [-0.25, -0.2) is 19.7 Å². The summed E-state index contributed by atoms with van der Waals surface area (Å²) in [5.74, 6) is 2.74. The molecule has 0 aliphatic heterocycles. The van der Waals surface area contributed by atoms with Gasteiger partial charge in [0.15, 0.2) is 0 Å². The van der Waals surface area contributed by atoms with Crippen molar-refractivity contribution in [3.05, 3.63) is 96.2 Å². The first-order chi connectivity index (χ1) is 23.7. The van der Waals surface area contributed by atoms with Crippen LogP contribution in [0, 0.1) is 11.3 Å². The average Bonchev–Trinajstić information content (AvgIpc) is 3.78. The van der Waals surface area contributed by atoms with Crippen molar-refractivity contribution in [2.75, 3.05) is 15.5 Å². The van der Waals surface area contributed by atoms with Gasteiger partial charge in [-0.3, -0.25) is 9.58 Å². The highest BCUT2D eigenvalue weighted by Crippen LogP contribution is 2.30. The fourth-order valence-electron chi connectivity index (χ4n) is 5.81. The molecule has 49 heavy (non-hydrogen) atoms. The van der Waals surface area contributed by atoms with Gasteiger partial charge in [-0.05, 0) is 43.4 Å². The number of rotatable bonds is 10. The summed E-state index contributed by atoms with van der Waals surface area (Å²) in [5.41, 5.74) is 3.09. The number of nitriles is 1. The smallest absolute Gasteiger partial charge is 0.323 e. The van der Waals surface area contributed by atoms with Crippen LogP contribution in [0.5, 0.6) is 0 Å². The molecule has 1 saturated carbocycles. The van der Waals surface area contributed by atoms with Crippen LogP contribution in [0.2, 0.25) is 0 Å². The third-order valence-corrected chi connectivity index (χ3v) is 8.54. The van der Waals surface area contributed by atoms with Crippen LogP contribution in [-0.2, 0) is 25.6 Å². The van der Waals surface area contributed by atoms with E-state index in [1.807, 2.05) is 55.7 Å². The summed E-state index contributed by atoms with van der Waals surface area (Å²) in [6.07, 6.45) is 11.9. The fraction of sp³-hybridized carbons (Fsp3) is 0.361. The Morgan fingerprint density at radius 1 is 0.980 bits per heavy atom. The van der Waals surface area contributed by atoms with E-state index in [1.54, 1.807) is 28.2 Å². The third-order valence-electron chi connectivity index (χ3n) is 8.54. The number of aromatic nitrogens is 6. The molecule has 1 fully saturated rings. The topological polar surface area (TPSA) is 163 Å². The van der Waals surface area contributed by atoms with Crippen LogP contribution in [0.25, 0.3) is 11.1 Å². The second kappa shape index (κ2) is 14.6. The van der Waals surface area contributed by atoms with Crippen LogP contribution >= 0.6 is 0 Å². The van der Waals surface area contributed by atoms with Crippen molar-refractivity contribution in [1.82, 2.24) is 35.0 Å². The minimum absolute atomic E-state index is 0.0524. The van der Waals surface area contributed by atoms with Crippen LogP contribution < -0.4 is 20.9 Å². The molecule has 5 aromatic rings. The Labute approximate surface area is 285 Å². The summed E-state index contributed by atoms with van der Waals surface area (Å²) in [7, 11) is 1.88. The van der Waals surface area contributed by atoms with Crippen LogP contribution in [-0.4, -0.2) is 47.8 Å². The highest BCUT2D eigenvalue weighted by atomic mass is 16.4. The first-order valence-electron chi connectivity index (χ1n) is 16.4. The fourth-order valence-corrected chi connectivity index (χ4v) is 5.81. The van der Waals surface area contributed by atoms with E-state index in [0.29, 0.717) is 35.6 Å². The minimum atomic E-state index is -0.186. The molecule has 0 radical (unpaired) electrons. The maximum absolute atomic E-state index is 13.7. The monoisotopic (exact) mass is 659 g/mol. The van der Waals surface area contributed by atoms with E-state index < -0.39 is 0 Å². The number of amides is 2. The molecule has 0 bridgehead atoms. The number of hydrogen-bond donors (Lipinski definition) is 3. The number of oxazole rings is 1. The predicted octanol–water partition coefficient (Wildman–Crippen LogP) is 6.18. The van der Waals surface area contributed by atoms with Gasteiger partial charge in [0.05, 0.1) is 25.1 Å². The zero-order valence-corrected chi connectivity index (χ0v) is 28.2. The molecule has 1 aliphatic rings. The summed E-state index contributed by atoms with van der Waals surface area (Å²) in [6, 6.07) is 15.7. The van der Waals surface area contributed by atoms with Crippen molar-refractivity contribution >= 4 is 23.6 Å². The van der Waals surface area contributed by atoms with Gasteiger partial charge in [-0.15, -0.1) is 0 Å². The Morgan fingerprint density at radius 2 is 1.78 bits per heavy atom. The SMILES string of the molecule is Cn1cc(-c2ccc(N(C(=O)NCc3ccccc3)[C@H]3CC[C@H](Nc4ncc(C#N)c(NCc5ncc(C(C)(C)C)o5)n4)CC3)nc2)cn1. The predicted molar refractivity (Wildman–Crippen MR) is 187 cm³/mol. The lowest BCUT2D eigenvalue weighted by molar-refractivity contribution is 0.240. The largest absolute Gasteiger partial charge is 0.443 e. The number of urea groups is 1. The molecule has 3 N–H and O–H groups in total. The van der Waals surface area contributed by atoms with Crippen LogP contribution in [0.3, 0.4) is 0 Å². The molecule has 0 unspecified atom stereocenters. The molecule has 4 aromatic heterocycles. The van der Waals surface area contributed by atoms with E-state index in [4.69, 9.17) is 9.40 Å². The van der Waals surface area contributed by atoms with Gasteiger partial charge in [0.1, 0.15) is 29.0 Å². The van der Waals surface area contributed by atoms with Gasteiger partial charge >= 0.3 is 6.03 Å².